The number of aliphatic hydroxyl groups is 1. The van der Waals surface area contributed by atoms with Crippen molar-refractivity contribution in [1.82, 2.24) is 26.6 Å². The summed E-state index contributed by atoms with van der Waals surface area (Å²) in [7, 11) is 0. The lowest BCUT2D eigenvalue weighted by atomic mass is 9.97. The first-order chi connectivity index (χ1) is 31.1. The number of benzene rings is 3. The zero-order chi connectivity index (χ0) is 47.7. The van der Waals surface area contributed by atoms with Crippen LogP contribution in [0.15, 0.2) is 96.0 Å². The first-order valence-electron chi connectivity index (χ1n) is 22.2. The van der Waals surface area contributed by atoms with E-state index in [1.165, 1.54) is 0 Å². The molecule has 0 saturated carbocycles. The number of amides is 6. The standard InChI is InChI=1S/C47H69N11O7/c1-30(2)25-38(45(64)55-35(42(50)61)22-14-24-53-47(51)52)54-41(60)29-40(59)37(27-32-17-8-4-9-18-32)57-46(65)39(28-33-19-10-5-11-20-33)58-44(63)36(21-12-13-23-48)56-43(62)34(49)26-31-15-6-3-7-16-31/h3-11,15-20,30,34-40,59H,12-14,21-29,48-49H2,1-2H3,(H2,50,61)(H,54,60)(H,55,64)(H,56,62)(H,57,65)(H,58,63)(H4,51,52,53)/t34-,35-,36-,37-,38-,39-,40-/m0/s1. The van der Waals surface area contributed by atoms with Crippen LogP contribution in [0.1, 0.15) is 75.5 Å². The van der Waals surface area contributed by atoms with Gasteiger partial charge in [0.1, 0.15) is 24.2 Å². The third-order valence-corrected chi connectivity index (χ3v) is 10.6. The molecule has 7 atom stereocenters. The number of guanidine groups is 1. The first kappa shape index (κ1) is 53.0. The van der Waals surface area contributed by atoms with Gasteiger partial charge in [-0.1, -0.05) is 105 Å². The van der Waals surface area contributed by atoms with Gasteiger partial charge in [-0.05, 0) is 80.5 Å². The summed E-state index contributed by atoms with van der Waals surface area (Å²) in [5, 5.41) is 25.5. The van der Waals surface area contributed by atoms with Crippen molar-refractivity contribution in [3.63, 3.8) is 0 Å². The van der Waals surface area contributed by atoms with Gasteiger partial charge in [-0.25, -0.2) is 0 Å². The summed E-state index contributed by atoms with van der Waals surface area (Å²) in [4.78, 5) is 85.1. The minimum atomic E-state index is -1.47. The lowest BCUT2D eigenvalue weighted by Gasteiger charge is -2.29. The number of nitrogens with one attached hydrogen (secondary N) is 5. The van der Waals surface area contributed by atoms with Crippen molar-refractivity contribution in [1.29, 1.82) is 0 Å². The zero-order valence-electron chi connectivity index (χ0n) is 37.5. The molecule has 0 aromatic heterocycles. The van der Waals surface area contributed by atoms with Crippen molar-refractivity contribution in [3.8, 4) is 0 Å². The third kappa shape index (κ3) is 20.3. The van der Waals surface area contributed by atoms with Gasteiger partial charge >= 0.3 is 0 Å². The molecule has 3 aromatic rings. The predicted octanol–water partition coefficient (Wildman–Crippen LogP) is -0.0692. The van der Waals surface area contributed by atoms with Crippen LogP contribution in [0.5, 0.6) is 0 Å². The van der Waals surface area contributed by atoms with Crippen LogP contribution in [-0.2, 0) is 48.0 Å². The first-order valence-corrected chi connectivity index (χ1v) is 22.2. The number of nitrogens with zero attached hydrogens (tertiary/aromatic N) is 1. The van der Waals surface area contributed by atoms with Gasteiger partial charge in [0.05, 0.1) is 24.6 Å². The van der Waals surface area contributed by atoms with Gasteiger partial charge in [0.25, 0.3) is 0 Å². The Morgan fingerprint density at radius 1 is 0.585 bits per heavy atom. The smallest absolute Gasteiger partial charge is 0.243 e. The minimum Gasteiger partial charge on any atom is -0.390 e. The third-order valence-electron chi connectivity index (χ3n) is 10.6. The second-order valence-corrected chi connectivity index (χ2v) is 16.6. The number of hydrogen-bond donors (Lipinski definition) is 11. The lowest BCUT2D eigenvalue weighted by molar-refractivity contribution is -0.133. The molecule has 6 amide bonds. The van der Waals surface area contributed by atoms with Crippen molar-refractivity contribution in [3.05, 3.63) is 108 Å². The van der Waals surface area contributed by atoms with E-state index in [1.807, 2.05) is 68.4 Å². The highest BCUT2D eigenvalue weighted by atomic mass is 16.3. The fourth-order valence-corrected chi connectivity index (χ4v) is 7.12. The molecule has 65 heavy (non-hydrogen) atoms. The SMILES string of the molecule is CC(C)C[C@H](NC(=O)C[C@H](O)[C@H](Cc1ccccc1)NC(=O)[C@H](Cc1ccccc1)NC(=O)[C@H](CCCCN)NC(=O)[C@@H](N)Cc1ccccc1)C(=O)N[C@@H](CCCN=C(N)N)C(N)=O. The molecule has 0 spiro atoms. The Bertz CT molecular complexity index is 1970. The van der Waals surface area contributed by atoms with E-state index in [4.69, 9.17) is 28.7 Å². The second kappa shape index (κ2) is 28.4. The number of primary amides is 1. The Labute approximate surface area is 381 Å². The molecular formula is C47H69N11O7. The van der Waals surface area contributed by atoms with Crippen molar-refractivity contribution in [2.45, 2.75) is 120 Å². The monoisotopic (exact) mass is 900 g/mol. The largest absolute Gasteiger partial charge is 0.390 e. The summed E-state index contributed by atoms with van der Waals surface area (Å²) < 4.78 is 0. The van der Waals surface area contributed by atoms with Gasteiger partial charge < -0.3 is 60.4 Å². The molecule has 16 N–H and O–H groups in total. The molecular weight excluding hydrogens is 831 g/mol. The molecule has 0 aliphatic rings. The molecule has 0 heterocycles. The number of nitrogens with two attached hydrogens (primary N) is 5. The Hall–Kier alpha value is -6.37. The molecule has 0 saturated heterocycles. The Morgan fingerprint density at radius 3 is 1.62 bits per heavy atom. The van der Waals surface area contributed by atoms with Crippen LogP contribution in [0.3, 0.4) is 0 Å². The molecule has 3 aromatic carbocycles. The highest BCUT2D eigenvalue weighted by Gasteiger charge is 2.33. The van der Waals surface area contributed by atoms with E-state index in [0.717, 1.165) is 16.7 Å². The number of carbonyl (C=O) groups excluding carboxylic acids is 6. The van der Waals surface area contributed by atoms with Crippen molar-refractivity contribution >= 4 is 41.4 Å². The van der Waals surface area contributed by atoms with Crippen LogP contribution >= 0.6 is 0 Å². The average molecular weight is 900 g/mol. The summed E-state index contributed by atoms with van der Waals surface area (Å²) in [5.41, 5.74) is 30.7. The zero-order valence-corrected chi connectivity index (χ0v) is 37.5. The number of rotatable bonds is 29. The van der Waals surface area contributed by atoms with Gasteiger partial charge in [-0.2, -0.15) is 0 Å². The molecule has 0 aliphatic heterocycles. The summed E-state index contributed by atoms with van der Waals surface area (Å²) in [5.74, 6) is -4.08. The van der Waals surface area contributed by atoms with E-state index in [2.05, 4.69) is 31.6 Å². The van der Waals surface area contributed by atoms with E-state index in [-0.39, 0.29) is 56.9 Å². The highest BCUT2D eigenvalue weighted by Crippen LogP contribution is 2.14. The van der Waals surface area contributed by atoms with Gasteiger partial charge in [0.15, 0.2) is 5.96 Å². The number of hydrogen-bond acceptors (Lipinski definition) is 10. The summed E-state index contributed by atoms with van der Waals surface area (Å²) >= 11 is 0. The van der Waals surface area contributed by atoms with Crippen molar-refractivity contribution < 1.29 is 33.9 Å². The normalized spacial score (nSPS) is 14.3. The van der Waals surface area contributed by atoms with E-state index in [9.17, 15) is 33.9 Å². The molecule has 3 rings (SSSR count). The summed E-state index contributed by atoms with van der Waals surface area (Å²) in [6.45, 7) is 4.30. The highest BCUT2D eigenvalue weighted by molar-refractivity contribution is 5.94. The van der Waals surface area contributed by atoms with Crippen LogP contribution in [-0.4, -0.2) is 102 Å². The van der Waals surface area contributed by atoms with E-state index < -0.39 is 84.2 Å². The molecule has 0 fully saturated rings. The Morgan fingerprint density at radius 2 is 1.08 bits per heavy atom. The van der Waals surface area contributed by atoms with E-state index >= 15 is 0 Å². The van der Waals surface area contributed by atoms with Crippen molar-refractivity contribution in [2.24, 2.45) is 39.6 Å². The molecule has 18 nitrogen and oxygen atoms in total. The maximum Gasteiger partial charge on any atom is 0.243 e. The second-order valence-electron chi connectivity index (χ2n) is 16.6. The Kier molecular flexibility index (Phi) is 23.2. The fourth-order valence-electron chi connectivity index (χ4n) is 7.12. The predicted molar refractivity (Wildman–Crippen MR) is 250 cm³/mol. The maximum absolute atomic E-state index is 14.4. The van der Waals surface area contributed by atoms with E-state index in [1.54, 1.807) is 36.4 Å². The molecule has 354 valence electrons. The number of carbonyl (C=O) groups is 6. The quantitative estimate of drug-likeness (QED) is 0.0249. The maximum atomic E-state index is 14.4. The van der Waals surface area contributed by atoms with E-state index in [0.29, 0.717) is 25.8 Å². The number of aliphatic hydroxyl groups excluding tert-OH is 1. The van der Waals surface area contributed by atoms with Crippen LogP contribution in [0.2, 0.25) is 0 Å². The van der Waals surface area contributed by atoms with Gasteiger partial charge in [0.2, 0.25) is 35.4 Å². The molecule has 0 radical (unpaired) electrons. The van der Waals surface area contributed by atoms with Gasteiger partial charge in [-0.15, -0.1) is 0 Å². The van der Waals surface area contributed by atoms with Gasteiger partial charge in [-0.3, -0.25) is 33.8 Å². The summed E-state index contributed by atoms with van der Waals surface area (Å²) in [6.07, 6.45) is 0.432. The summed E-state index contributed by atoms with van der Waals surface area (Å²) in [6, 6.07) is 20.9. The van der Waals surface area contributed by atoms with Crippen LogP contribution in [0, 0.1) is 5.92 Å². The van der Waals surface area contributed by atoms with Crippen LogP contribution < -0.4 is 55.3 Å². The number of aliphatic imine (C=N–C) groups is 1. The molecule has 18 heteroatoms. The van der Waals surface area contributed by atoms with Crippen LogP contribution in [0.4, 0.5) is 0 Å². The van der Waals surface area contributed by atoms with Crippen LogP contribution in [0.25, 0.3) is 0 Å². The molecule has 0 bridgehead atoms. The molecule has 0 unspecified atom stereocenters. The lowest BCUT2D eigenvalue weighted by Crippen LogP contribution is -2.58. The Balaban J connectivity index is 1.84. The minimum absolute atomic E-state index is 0.0522. The number of unbranched alkanes of at least 4 members (excludes halogenated alkanes) is 1. The molecule has 0 aliphatic carbocycles. The topological polar surface area (TPSA) is 325 Å². The fraction of sp³-hybridized carbons (Fsp3) is 0.468. The van der Waals surface area contributed by atoms with Crippen molar-refractivity contribution in [2.75, 3.05) is 13.1 Å². The van der Waals surface area contributed by atoms with Gasteiger partial charge in [0, 0.05) is 13.0 Å². The average Bonchev–Trinajstić information content (AvgIpc) is 3.26.